The van der Waals surface area contributed by atoms with Crippen LogP contribution in [-0.2, 0) is 4.74 Å². The highest BCUT2D eigenvalue weighted by atomic mass is 19.3. The molecule has 1 amide bonds. The van der Waals surface area contributed by atoms with Crippen LogP contribution in [0.25, 0.3) is 0 Å². The minimum absolute atomic E-state index is 0.0144. The number of nitrogens with zero attached hydrogens (tertiary/aromatic N) is 4. The summed E-state index contributed by atoms with van der Waals surface area (Å²) in [7, 11) is 0. The number of aromatic amines is 1. The summed E-state index contributed by atoms with van der Waals surface area (Å²) < 4.78 is 34.4. The lowest BCUT2D eigenvalue weighted by Crippen LogP contribution is -2.40. The highest BCUT2D eigenvalue weighted by molar-refractivity contribution is 5.67. The molecule has 2 aromatic heterocycles. The average molecular weight is 464 g/mol. The van der Waals surface area contributed by atoms with Crippen LogP contribution in [0.1, 0.15) is 58.1 Å². The number of alkyl carbamates (subject to hydrolysis) is 1. The van der Waals surface area contributed by atoms with E-state index in [0.29, 0.717) is 17.6 Å². The number of aromatic nitrogens is 4. The van der Waals surface area contributed by atoms with Crippen LogP contribution in [-0.4, -0.2) is 57.4 Å². The number of halogens is 2. The van der Waals surface area contributed by atoms with Gasteiger partial charge >= 0.3 is 6.09 Å². The van der Waals surface area contributed by atoms with E-state index in [1.54, 1.807) is 26.8 Å². The third-order valence-electron chi connectivity index (χ3n) is 5.91. The van der Waals surface area contributed by atoms with Gasteiger partial charge in [-0.25, -0.2) is 18.6 Å². The van der Waals surface area contributed by atoms with Crippen molar-refractivity contribution in [1.29, 1.82) is 0 Å². The lowest BCUT2D eigenvalue weighted by Gasteiger charge is -2.22. The molecule has 2 fully saturated rings. The zero-order valence-corrected chi connectivity index (χ0v) is 19.2. The molecule has 1 unspecified atom stereocenters. The van der Waals surface area contributed by atoms with E-state index in [-0.39, 0.29) is 19.0 Å². The maximum absolute atomic E-state index is 14.6. The van der Waals surface area contributed by atoms with Gasteiger partial charge in [0.05, 0.1) is 12.5 Å². The van der Waals surface area contributed by atoms with Crippen molar-refractivity contribution < 1.29 is 18.3 Å². The van der Waals surface area contributed by atoms with Gasteiger partial charge in [0.2, 0.25) is 5.95 Å². The maximum atomic E-state index is 14.6. The van der Waals surface area contributed by atoms with Gasteiger partial charge in [-0.2, -0.15) is 10.1 Å². The van der Waals surface area contributed by atoms with Crippen molar-refractivity contribution in [3.8, 4) is 0 Å². The van der Waals surface area contributed by atoms with E-state index in [0.717, 1.165) is 18.5 Å². The third-order valence-corrected chi connectivity index (χ3v) is 5.91. The topological polar surface area (TPSA) is 108 Å². The molecule has 0 bridgehead atoms. The fourth-order valence-corrected chi connectivity index (χ4v) is 4.28. The largest absolute Gasteiger partial charge is 0.444 e. The molecule has 1 aliphatic carbocycles. The number of rotatable bonds is 6. The van der Waals surface area contributed by atoms with Crippen LogP contribution in [0.2, 0.25) is 0 Å². The van der Waals surface area contributed by atoms with Crippen LogP contribution in [0.3, 0.4) is 0 Å². The predicted molar refractivity (Wildman–Crippen MR) is 120 cm³/mol. The predicted octanol–water partition coefficient (Wildman–Crippen LogP) is 4.20. The van der Waals surface area contributed by atoms with Gasteiger partial charge in [0, 0.05) is 37.0 Å². The Labute approximate surface area is 191 Å². The fraction of sp³-hybridized carbons (Fsp3) is 0.636. The molecule has 1 atom stereocenters. The number of hydrogen-bond acceptors (Lipinski definition) is 7. The minimum atomic E-state index is -3.00. The molecule has 3 N–H and O–H groups in total. The van der Waals surface area contributed by atoms with E-state index in [2.05, 4.69) is 30.8 Å². The van der Waals surface area contributed by atoms with Gasteiger partial charge in [-0.3, -0.25) is 5.10 Å². The van der Waals surface area contributed by atoms with Crippen molar-refractivity contribution in [3.05, 3.63) is 24.0 Å². The van der Waals surface area contributed by atoms with Crippen molar-refractivity contribution >= 4 is 23.7 Å². The molecule has 3 heterocycles. The number of ether oxygens (including phenoxy) is 1. The number of hydrogen-bond donors (Lipinski definition) is 3. The Hall–Kier alpha value is -2.98. The monoisotopic (exact) mass is 463 g/mol. The smallest absolute Gasteiger partial charge is 0.407 e. The van der Waals surface area contributed by atoms with Gasteiger partial charge in [0.1, 0.15) is 11.4 Å². The second-order valence-electron chi connectivity index (χ2n) is 9.78. The zero-order valence-electron chi connectivity index (χ0n) is 19.2. The molecular weight excluding hydrogens is 432 g/mol. The van der Waals surface area contributed by atoms with Crippen molar-refractivity contribution in [2.75, 3.05) is 29.9 Å². The van der Waals surface area contributed by atoms with E-state index in [9.17, 15) is 13.6 Å². The number of carbonyl (C=O) groups excluding carboxylic acids is 1. The summed E-state index contributed by atoms with van der Waals surface area (Å²) in [4.78, 5) is 21.9. The lowest BCUT2D eigenvalue weighted by atomic mass is 10.0. The molecule has 33 heavy (non-hydrogen) atoms. The Morgan fingerprint density at radius 1 is 1.30 bits per heavy atom. The molecular formula is C22H31F2N7O2. The highest BCUT2D eigenvalue weighted by Gasteiger charge is 2.49. The molecule has 11 heteroatoms. The molecule has 0 radical (unpaired) electrons. The van der Waals surface area contributed by atoms with Crippen molar-refractivity contribution in [1.82, 2.24) is 25.5 Å². The van der Waals surface area contributed by atoms with Crippen molar-refractivity contribution in [2.24, 2.45) is 5.92 Å². The van der Waals surface area contributed by atoms with Gasteiger partial charge in [0.15, 0.2) is 5.82 Å². The summed E-state index contributed by atoms with van der Waals surface area (Å²) in [6.07, 6.45) is 5.60. The summed E-state index contributed by atoms with van der Waals surface area (Å²) in [6.45, 7) is 4.44. The zero-order chi connectivity index (χ0) is 23.6. The molecule has 1 aliphatic heterocycles. The normalized spacial score (nSPS) is 20.8. The number of nitrogens with one attached hydrogen (secondary N) is 3. The first-order valence-corrected chi connectivity index (χ1v) is 11.3. The first-order chi connectivity index (χ1) is 15.6. The first-order valence-electron chi connectivity index (χ1n) is 11.3. The second-order valence-corrected chi connectivity index (χ2v) is 9.78. The molecule has 0 spiro atoms. The van der Waals surface area contributed by atoms with E-state index < -0.39 is 30.1 Å². The molecule has 1 saturated heterocycles. The molecule has 1 saturated carbocycles. The first kappa shape index (κ1) is 23.2. The molecule has 9 nitrogen and oxygen atoms in total. The fourth-order valence-electron chi connectivity index (χ4n) is 4.28. The van der Waals surface area contributed by atoms with Crippen molar-refractivity contribution in [3.63, 3.8) is 0 Å². The second kappa shape index (κ2) is 9.11. The summed E-state index contributed by atoms with van der Waals surface area (Å²) >= 11 is 0. The summed E-state index contributed by atoms with van der Waals surface area (Å²) in [6, 6.07) is 3.64. The number of carbonyl (C=O) groups is 1. The van der Waals surface area contributed by atoms with E-state index in [1.807, 2.05) is 6.07 Å². The van der Waals surface area contributed by atoms with Gasteiger partial charge in [-0.1, -0.05) is 12.8 Å². The number of H-pyrrole nitrogens is 1. The van der Waals surface area contributed by atoms with Crippen LogP contribution in [0.4, 0.5) is 31.2 Å². The van der Waals surface area contributed by atoms with E-state index in [1.165, 1.54) is 23.9 Å². The van der Waals surface area contributed by atoms with Crippen LogP contribution < -0.4 is 15.5 Å². The molecule has 180 valence electrons. The van der Waals surface area contributed by atoms with Crippen molar-refractivity contribution in [2.45, 2.75) is 63.9 Å². The number of alkyl halides is 2. The summed E-state index contributed by atoms with van der Waals surface area (Å²) in [5.41, 5.74) is 0.408. The third kappa shape index (κ3) is 5.88. The van der Waals surface area contributed by atoms with E-state index >= 15 is 0 Å². The minimum Gasteiger partial charge on any atom is -0.444 e. The Bertz CT molecular complexity index is 970. The standard InChI is InChI=1S/C22H31F2N7O2/c1-21(2,3)33-20(32)26-11-15-12-31(13-22(15,23)24)19-25-9-8-17(28-19)27-18-10-16(29-30-18)14-6-4-5-7-14/h8-10,14-15H,4-7,11-13H2,1-3H3,(H,26,32)(H2,25,27,28,29,30). The summed E-state index contributed by atoms with van der Waals surface area (Å²) in [5.74, 6) is -2.26. The molecule has 4 rings (SSSR count). The molecule has 2 aliphatic rings. The lowest BCUT2D eigenvalue weighted by molar-refractivity contribution is -0.0208. The highest BCUT2D eigenvalue weighted by Crippen LogP contribution is 2.35. The Kier molecular flexibility index (Phi) is 6.40. The van der Waals surface area contributed by atoms with E-state index in [4.69, 9.17) is 4.74 Å². The molecule has 0 aromatic carbocycles. The Morgan fingerprint density at radius 3 is 2.79 bits per heavy atom. The van der Waals surface area contributed by atoms with Gasteiger partial charge in [-0.05, 0) is 39.7 Å². The maximum Gasteiger partial charge on any atom is 0.407 e. The van der Waals surface area contributed by atoms with Gasteiger partial charge < -0.3 is 20.3 Å². The number of anilines is 3. The average Bonchev–Trinajstić information content (AvgIpc) is 3.45. The van der Waals surface area contributed by atoms with Crippen LogP contribution in [0.5, 0.6) is 0 Å². The van der Waals surface area contributed by atoms with Crippen LogP contribution >= 0.6 is 0 Å². The number of amides is 1. The Balaban J connectivity index is 1.37. The van der Waals surface area contributed by atoms with Gasteiger partial charge in [0.25, 0.3) is 5.92 Å². The van der Waals surface area contributed by atoms with Gasteiger partial charge in [-0.15, -0.1) is 0 Å². The SMILES string of the molecule is CC(C)(C)OC(=O)NCC1CN(c2nccc(Nc3cc(C4CCCC4)[nH]n3)n2)CC1(F)F. The molecule has 2 aromatic rings. The Morgan fingerprint density at radius 2 is 2.06 bits per heavy atom. The quantitative estimate of drug-likeness (QED) is 0.589. The van der Waals surface area contributed by atoms with Crippen LogP contribution in [0.15, 0.2) is 18.3 Å². The summed E-state index contributed by atoms with van der Waals surface area (Å²) in [5, 5.41) is 13.0. The van der Waals surface area contributed by atoms with Crippen LogP contribution in [0, 0.1) is 5.92 Å².